The minimum Gasteiger partial charge on any atom is -0.450 e. The Balaban J connectivity index is 2.06. The highest BCUT2D eigenvalue weighted by Crippen LogP contribution is 2.25. The van der Waals surface area contributed by atoms with Crippen LogP contribution in [0.15, 0.2) is 36.4 Å². The van der Waals surface area contributed by atoms with E-state index in [2.05, 4.69) is 20.8 Å². The van der Waals surface area contributed by atoms with Gasteiger partial charge in [-0.2, -0.15) is 0 Å². The highest BCUT2D eigenvalue weighted by Gasteiger charge is 2.23. The number of ketones is 1. The summed E-state index contributed by atoms with van der Waals surface area (Å²) >= 11 is 0.718. The summed E-state index contributed by atoms with van der Waals surface area (Å²) in [5, 5.41) is 10.5. The van der Waals surface area contributed by atoms with Gasteiger partial charge < -0.3 is 4.74 Å². The second-order valence-corrected chi connectivity index (χ2v) is 7.70. The van der Waals surface area contributed by atoms with Gasteiger partial charge in [-0.05, 0) is 24.0 Å². The maximum absolute atomic E-state index is 12.4. The number of esters is 1. The predicted molar refractivity (Wildman–Crippen MR) is 95.3 cm³/mol. The van der Waals surface area contributed by atoms with Gasteiger partial charge in [0.05, 0.1) is 4.92 Å². The molecule has 1 atom stereocenters. The molecule has 0 aliphatic heterocycles. The normalized spacial score (nSPS) is 12.5. The van der Waals surface area contributed by atoms with Crippen LogP contribution in [0.5, 0.6) is 0 Å². The van der Waals surface area contributed by atoms with Gasteiger partial charge in [0.1, 0.15) is 4.88 Å². The molecule has 0 saturated carbocycles. The summed E-state index contributed by atoms with van der Waals surface area (Å²) in [4.78, 5) is 34.6. The Bertz CT molecular complexity index is 802. The average Bonchev–Trinajstić information content (AvgIpc) is 3.03. The number of benzene rings is 1. The topological polar surface area (TPSA) is 86.5 Å². The minimum atomic E-state index is -0.978. The zero-order valence-electron chi connectivity index (χ0n) is 14.4. The summed E-state index contributed by atoms with van der Waals surface area (Å²) in [5.41, 5.74) is 1.53. The summed E-state index contributed by atoms with van der Waals surface area (Å²) in [6.07, 6.45) is -0.978. The smallest absolute Gasteiger partial charge is 0.349 e. The monoisotopic (exact) mass is 361 g/mol. The van der Waals surface area contributed by atoms with E-state index >= 15 is 0 Å². The van der Waals surface area contributed by atoms with Crippen LogP contribution < -0.4 is 0 Å². The van der Waals surface area contributed by atoms with Crippen molar-refractivity contribution >= 4 is 28.1 Å². The number of rotatable bonds is 5. The first-order valence-electron chi connectivity index (χ1n) is 7.69. The van der Waals surface area contributed by atoms with Crippen LogP contribution in [0.3, 0.4) is 0 Å². The Hall–Kier alpha value is -2.54. The number of carbonyl (C=O) groups is 2. The Morgan fingerprint density at radius 3 is 2.20 bits per heavy atom. The van der Waals surface area contributed by atoms with Crippen LogP contribution in [0.1, 0.15) is 53.3 Å². The molecule has 0 aliphatic rings. The van der Waals surface area contributed by atoms with Gasteiger partial charge in [-0.15, -0.1) is 0 Å². The molecule has 0 radical (unpaired) electrons. The lowest BCUT2D eigenvalue weighted by Gasteiger charge is -2.19. The third-order valence-electron chi connectivity index (χ3n) is 3.66. The summed E-state index contributed by atoms with van der Waals surface area (Å²) in [6, 6.07) is 9.74. The number of nitro groups is 1. The molecule has 1 aromatic heterocycles. The van der Waals surface area contributed by atoms with Crippen LogP contribution in [0.4, 0.5) is 5.00 Å². The molecule has 2 rings (SSSR count). The van der Waals surface area contributed by atoms with Gasteiger partial charge in [-0.3, -0.25) is 14.9 Å². The first kappa shape index (κ1) is 18.8. The molecule has 0 aliphatic carbocycles. The van der Waals surface area contributed by atoms with Crippen LogP contribution in [-0.4, -0.2) is 22.8 Å². The maximum atomic E-state index is 12.4. The van der Waals surface area contributed by atoms with Crippen molar-refractivity contribution in [1.29, 1.82) is 0 Å². The number of carbonyl (C=O) groups excluding carboxylic acids is 2. The van der Waals surface area contributed by atoms with Gasteiger partial charge in [0.2, 0.25) is 5.78 Å². The van der Waals surface area contributed by atoms with Gasteiger partial charge in [0, 0.05) is 11.6 Å². The highest BCUT2D eigenvalue weighted by molar-refractivity contribution is 7.17. The van der Waals surface area contributed by atoms with E-state index in [0.717, 1.165) is 16.9 Å². The quantitative estimate of drug-likeness (QED) is 0.341. The van der Waals surface area contributed by atoms with Crippen molar-refractivity contribution in [3.8, 4) is 0 Å². The van der Waals surface area contributed by atoms with Crippen LogP contribution >= 0.6 is 11.3 Å². The van der Waals surface area contributed by atoms with Gasteiger partial charge in [-0.25, -0.2) is 4.79 Å². The van der Waals surface area contributed by atoms with E-state index in [1.165, 1.54) is 19.1 Å². The molecule has 0 spiro atoms. The fraction of sp³-hybridized carbons (Fsp3) is 0.333. The molecule has 25 heavy (non-hydrogen) atoms. The standard InChI is InChI=1S/C18H19NO5S/c1-11(24-17(21)14-9-10-15(25-14)19(22)23)16(20)12-5-7-13(8-6-12)18(2,3)4/h5-11H,1-4H3/t11-/m0/s1. The summed E-state index contributed by atoms with van der Waals surface area (Å²) in [6.45, 7) is 7.72. The lowest BCUT2D eigenvalue weighted by molar-refractivity contribution is -0.380. The fourth-order valence-corrected chi connectivity index (χ4v) is 2.88. The van der Waals surface area contributed by atoms with E-state index in [4.69, 9.17) is 4.74 Å². The Kier molecular flexibility index (Phi) is 5.37. The molecule has 0 amide bonds. The minimum absolute atomic E-state index is 0.0203. The lowest BCUT2D eigenvalue weighted by atomic mass is 9.86. The fourth-order valence-electron chi connectivity index (χ4n) is 2.18. The number of hydrogen-bond acceptors (Lipinski definition) is 6. The van der Waals surface area contributed by atoms with E-state index < -0.39 is 17.0 Å². The van der Waals surface area contributed by atoms with Gasteiger partial charge in [0.25, 0.3) is 0 Å². The van der Waals surface area contributed by atoms with E-state index in [0.29, 0.717) is 5.56 Å². The van der Waals surface area contributed by atoms with Crippen LogP contribution in [0, 0.1) is 10.1 Å². The zero-order valence-corrected chi connectivity index (χ0v) is 15.3. The number of Topliss-reactive ketones (excluding diaryl/α,β-unsaturated/α-hetero) is 1. The van der Waals surface area contributed by atoms with Crippen molar-refractivity contribution in [2.45, 2.75) is 39.2 Å². The van der Waals surface area contributed by atoms with E-state index in [9.17, 15) is 19.7 Å². The van der Waals surface area contributed by atoms with Crippen molar-refractivity contribution in [3.63, 3.8) is 0 Å². The molecule has 0 bridgehead atoms. The highest BCUT2D eigenvalue weighted by atomic mass is 32.1. The number of thiophene rings is 1. The maximum Gasteiger partial charge on any atom is 0.349 e. The Morgan fingerprint density at radius 2 is 1.72 bits per heavy atom. The molecular weight excluding hydrogens is 342 g/mol. The van der Waals surface area contributed by atoms with E-state index in [1.54, 1.807) is 12.1 Å². The Labute approximate surface area is 149 Å². The number of nitrogens with zero attached hydrogens (tertiary/aromatic N) is 1. The largest absolute Gasteiger partial charge is 0.450 e. The van der Waals surface area contributed by atoms with Crippen molar-refractivity contribution in [2.75, 3.05) is 0 Å². The molecule has 2 aromatic rings. The van der Waals surface area contributed by atoms with Crippen LogP contribution in [0.25, 0.3) is 0 Å². The van der Waals surface area contributed by atoms with E-state index in [1.807, 2.05) is 12.1 Å². The van der Waals surface area contributed by atoms with Crippen molar-refractivity contribution < 1.29 is 19.2 Å². The molecule has 0 fully saturated rings. The molecule has 132 valence electrons. The van der Waals surface area contributed by atoms with Gasteiger partial charge >= 0.3 is 11.0 Å². The lowest BCUT2D eigenvalue weighted by Crippen LogP contribution is -2.24. The molecule has 0 unspecified atom stereocenters. The summed E-state index contributed by atoms with van der Waals surface area (Å²) < 4.78 is 5.14. The van der Waals surface area contributed by atoms with Crippen LogP contribution in [-0.2, 0) is 10.2 Å². The second-order valence-electron chi connectivity index (χ2n) is 6.63. The molecule has 0 N–H and O–H groups in total. The predicted octanol–water partition coefficient (Wildman–Crippen LogP) is 4.38. The summed E-state index contributed by atoms with van der Waals surface area (Å²) in [7, 11) is 0. The zero-order chi connectivity index (χ0) is 18.8. The first-order valence-corrected chi connectivity index (χ1v) is 8.51. The second kappa shape index (κ2) is 7.14. The third-order valence-corrected chi connectivity index (χ3v) is 4.68. The van der Waals surface area contributed by atoms with Gasteiger partial charge in [-0.1, -0.05) is 56.4 Å². The third kappa shape index (κ3) is 4.51. The molecule has 6 nitrogen and oxygen atoms in total. The molecule has 0 saturated heterocycles. The van der Waals surface area contributed by atoms with Crippen molar-refractivity contribution in [2.24, 2.45) is 0 Å². The molecule has 7 heteroatoms. The SMILES string of the molecule is C[C@H](OC(=O)c1ccc([N+](=O)[O-])s1)C(=O)c1ccc(C(C)(C)C)cc1. The van der Waals surface area contributed by atoms with Crippen molar-refractivity contribution in [3.05, 3.63) is 62.5 Å². The van der Waals surface area contributed by atoms with Crippen LogP contribution in [0.2, 0.25) is 0 Å². The molecule has 1 aromatic carbocycles. The molecule has 1 heterocycles. The average molecular weight is 361 g/mol. The van der Waals surface area contributed by atoms with E-state index in [-0.39, 0.29) is 21.1 Å². The number of ether oxygens (including phenoxy) is 1. The van der Waals surface area contributed by atoms with Crippen molar-refractivity contribution in [1.82, 2.24) is 0 Å². The van der Waals surface area contributed by atoms with Gasteiger partial charge in [0.15, 0.2) is 6.10 Å². The molecular formula is C18H19NO5S. The Morgan fingerprint density at radius 1 is 1.12 bits per heavy atom. The number of hydrogen-bond donors (Lipinski definition) is 0. The summed E-state index contributed by atoms with van der Waals surface area (Å²) in [5.74, 6) is -1.06. The first-order chi connectivity index (χ1) is 11.6.